The van der Waals surface area contributed by atoms with Gasteiger partial charge in [0.05, 0.1) is 11.4 Å². The molecule has 0 radical (unpaired) electrons. The predicted octanol–water partition coefficient (Wildman–Crippen LogP) is 3.41. The molecule has 0 saturated carbocycles. The Hall–Kier alpha value is -2.60. The van der Waals surface area contributed by atoms with Gasteiger partial charge in [0, 0.05) is 6.04 Å². The molecule has 0 aromatic heterocycles. The minimum atomic E-state index is -1.71. The van der Waals surface area contributed by atoms with Gasteiger partial charge in [-0.05, 0) is 44.7 Å². The summed E-state index contributed by atoms with van der Waals surface area (Å²) in [6, 6.07) is 16.5. The lowest BCUT2D eigenvalue weighted by atomic mass is 10.0. The van der Waals surface area contributed by atoms with Crippen molar-refractivity contribution < 1.29 is 39.5 Å². The lowest BCUT2D eigenvalue weighted by Gasteiger charge is -2.25. The molecule has 0 bridgehead atoms. The standard InChI is InChI=1S/C15H21NO5.C10H13NO3.CH2Cl2.ClH/c1-15(2,3)21-14(20)16-11(12(17)13(18)19)9-10-7-5-4-6-8-10;11-8(9(12)10(13)14)6-7-4-2-1-3-5-7;2-1-3;/h4-8,11-12,17H,9H2,1-3H3,(H,16,20)(H,18,19);1-5,8-9,12H,6,11H2,(H,13,14);1H2;1H/t11-,12-;8?,9-;;/m00../s1. The molecular formula is C26H37Cl3N2O8. The Morgan fingerprint density at radius 3 is 1.59 bits per heavy atom. The summed E-state index contributed by atoms with van der Waals surface area (Å²) in [7, 11) is 0. The van der Waals surface area contributed by atoms with Gasteiger partial charge in [-0.1, -0.05) is 60.7 Å². The quantitative estimate of drug-likeness (QED) is 0.232. The molecule has 1 amide bonds. The SMILES string of the molecule is CC(C)(C)OC(=O)N[C@@H](Cc1ccccc1)[C@H](O)C(=O)O.Cl.ClCCl.NC(Cc1ccccc1)[C@H](O)C(=O)O. The van der Waals surface area contributed by atoms with Crippen LogP contribution in [0.3, 0.4) is 0 Å². The van der Waals surface area contributed by atoms with Crippen molar-refractivity contribution in [2.45, 2.75) is 63.5 Å². The number of nitrogens with one attached hydrogen (secondary N) is 1. The summed E-state index contributed by atoms with van der Waals surface area (Å²) in [4.78, 5) is 33.1. The lowest BCUT2D eigenvalue weighted by molar-refractivity contribution is -0.148. The Bertz CT molecular complexity index is 963. The molecule has 4 atom stereocenters. The van der Waals surface area contributed by atoms with Gasteiger partial charge in [-0.25, -0.2) is 14.4 Å². The maximum Gasteiger partial charge on any atom is 0.407 e. The van der Waals surface area contributed by atoms with Crippen LogP contribution in [-0.2, 0) is 27.2 Å². The lowest BCUT2D eigenvalue weighted by Crippen LogP contribution is -2.49. The van der Waals surface area contributed by atoms with E-state index in [1.54, 1.807) is 45.0 Å². The number of carboxylic acid groups (broad SMARTS) is 2. The van der Waals surface area contributed by atoms with Crippen LogP contribution < -0.4 is 11.1 Å². The van der Waals surface area contributed by atoms with Crippen LogP contribution >= 0.6 is 35.6 Å². The molecule has 220 valence electrons. The van der Waals surface area contributed by atoms with Crippen LogP contribution in [0.5, 0.6) is 0 Å². The van der Waals surface area contributed by atoms with Crippen LogP contribution in [0.2, 0.25) is 0 Å². The Kier molecular flexibility index (Phi) is 20.1. The van der Waals surface area contributed by atoms with E-state index in [4.69, 9.17) is 49.0 Å². The average molecular weight is 612 g/mol. The van der Waals surface area contributed by atoms with Crippen LogP contribution in [0.15, 0.2) is 60.7 Å². The number of aliphatic hydroxyl groups is 2. The molecule has 0 aliphatic heterocycles. The van der Waals surface area contributed by atoms with Crippen molar-refractivity contribution in [1.82, 2.24) is 5.32 Å². The van der Waals surface area contributed by atoms with Gasteiger partial charge < -0.3 is 36.2 Å². The van der Waals surface area contributed by atoms with Gasteiger partial charge in [0.25, 0.3) is 0 Å². The van der Waals surface area contributed by atoms with Crippen molar-refractivity contribution in [3.8, 4) is 0 Å². The monoisotopic (exact) mass is 610 g/mol. The van der Waals surface area contributed by atoms with Crippen molar-refractivity contribution in [2.75, 3.05) is 5.34 Å². The molecule has 13 heteroatoms. The molecule has 2 rings (SSSR count). The number of hydrogen-bond donors (Lipinski definition) is 6. The maximum absolute atomic E-state index is 11.7. The number of aliphatic carboxylic acids is 2. The fourth-order valence-electron chi connectivity index (χ4n) is 2.92. The van der Waals surface area contributed by atoms with Crippen LogP contribution in [0.4, 0.5) is 4.79 Å². The number of hydrogen-bond acceptors (Lipinski definition) is 7. The summed E-state index contributed by atoms with van der Waals surface area (Å²) >= 11 is 9.53. The number of carbonyl (C=O) groups excluding carboxylic acids is 1. The maximum atomic E-state index is 11.7. The van der Waals surface area contributed by atoms with Crippen molar-refractivity contribution in [1.29, 1.82) is 0 Å². The summed E-state index contributed by atoms with van der Waals surface area (Å²) in [6.07, 6.45) is -3.43. The van der Waals surface area contributed by atoms with E-state index in [2.05, 4.69) is 5.32 Å². The van der Waals surface area contributed by atoms with E-state index < -0.39 is 47.9 Å². The molecule has 0 aliphatic rings. The number of carbonyl (C=O) groups is 3. The molecule has 0 saturated heterocycles. The summed E-state index contributed by atoms with van der Waals surface area (Å²) in [5.41, 5.74) is 6.54. The fraction of sp³-hybridized carbons (Fsp3) is 0.423. The Labute approximate surface area is 244 Å². The second-order valence-electron chi connectivity index (χ2n) is 8.96. The van der Waals surface area contributed by atoms with Gasteiger partial charge in [0.1, 0.15) is 5.60 Å². The Morgan fingerprint density at radius 1 is 0.846 bits per heavy atom. The number of halogens is 3. The van der Waals surface area contributed by atoms with Gasteiger partial charge in [0.2, 0.25) is 0 Å². The predicted molar refractivity (Wildman–Crippen MR) is 153 cm³/mol. The van der Waals surface area contributed by atoms with Crippen molar-refractivity contribution in [2.24, 2.45) is 5.73 Å². The summed E-state index contributed by atoms with van der Waals surface area (Å²) in [6.45, 7) is 5.10. The molecule has 10 nitrogen and oxygen atoms in total. The number of nitrogens with two attached hydrogens (primary N) is 1. The first-order chi connectivity index (χ1) is 17.7. The van der Waals surface area contributed by atoms with Crippen molar-refractivity contribution in [3.05, 3.63) is 71.8 Å². The van der Waals surface area contributed by atoms with E-state index >= 15 is 0 Å². The first kappa shape index (κ1) is 38.5. The Balaban J connectivity index is 0. The van der Waals surface area contributed by atoms with E-state index in [1.165, 1.54) is 0 Å². The van der Waals surface area contributed by atoms with Gasteiger partial charge in [-0.2, -0.15) is 0 Å². The largest absolute Gasteiger partial charge is 0.479 e. The molecule has 2 aromatic carbocycles. The number of aliphatic hydroxyl groups excluding tert-OH is 2. The van der Waals surface area contributed by atoms with Crippen LogP contribution in [0, 0.1) is 0 Å². The minimum Gasteiger partial charge on any atom is -0.479 e. The Morgan fingerprint density at radius 2 is 1.23 bits per heavy atom. The van der Waals surface area contributed by atoms with Crippen molar-refractivity contribution >= 4 is 53.6 Å². The number of ether oxygens (including phenoxy) is 1. The van der Waals surface area contributed by atoms with E-state index in [9.17, 15) is 19.5 Å². The molecular weight excluding hydrogens is 575 g/mol. The average Bonchev–Trinajstić information content (AvgIpc) is 2.83. The summed E-state index contributed by atoms with van der Waals surface area (Å²) in [5.74, 6) is -2.68. The third-order valence-corrected chi connectivity index (χ3v) is 4.61. The first-order valence-corrected chi connectivity index (χ1v) is 12.5. The molecule has 0 heterocycles. The van der Waals surface area contributed by atoms with Gasteiger partial charge >= 0.3 is 18.0 Å². The highest BCUT2D eigenvalue weighted by Crippen LogP contribution is 2.10. The second-order valence-corrected chi connectivity index (χ2v) is 9.77. The number of alkyl carbamates (subject to hydrolysis) is 1. The fourth-order valence-corrected chi connectivity index (χ4v) is 2.92. The number of amides is 1. The third-order valence-electron chi connectivity index (χ3n) is 4.61. The van der Waals surface area contributed by atoms with E-state index in [0.29, 0.717) is 6.42 Å². The van der Waals surface area contributed by atoms with E-state index in [0.717, 1.165) is 11.1 Å². The van der Waals surface area contributed by atoms with Crippen LogP contribution in [0.25, 0.3) is 0 Å². The zero-order chi connectivity index (χ0) is 29.3. The number of rotatable bonds is 9. The highest BCUT2D eigenvalue weighted by molar-refractivity contribution is 6.40. The van der Waals surface area contributed by atoms with Crippen LogP contribution in [0.1, 0.15) is 31.9 Å². The second kappa shape index (κ2) is 20.3. The topological polar surface area (TPSA) is 179 Å². The molecule has 7 N–H and O–H groups in total. The molecule has 0 fully saturated rings. The highest BCUT2D eigenvalue weighted by atomic mass is 35.5. The zero-order valence-corrected chi connectivity index (χ0v) is 24.2. The molecule has 2 aromatic rings. The normalized spacial score (nSPS) is 13.3. The first-order valence-electron chi connectivity index (χ1n) is 11.5. The molecule has 39 heavy (non-hydrogen) atoms. The van der Waals surface area contributed by atoms with Gasteiger partial charge in [0.15, 0.2) is 12.2 Å². The number of alkyl halides is 2. The van der Waals surface area contributed by atoms with Gasteiger partial charge in [-0.15, -0.1) is 35.6 Å². The minimum absolute atomic E-state index is 0. The summed E-state index contributed by atoms with van der Waals surface area (Å²) < 4.78 is 5.08. The summed E-state index contributed by atoms with van der Waals surface area (Å²) in [5, 5.41) is 38.9. The van der Waals surface area contributed by atoms with Gasteiger partial charge in [-0.3, -0.25) is 0 Å². The smallest absolute Gasteiger partial charge is 0.407 e. The molecule has 1 unspecified atom stereocenters. The number of benzene rings is 2. The molecule has 0 spiro atoms. The van der Waals surface area contributed by atoms with E-state index in [-0.39, 0.29) is 24.2 Å². The highest BCUT2D eigenvalue weighted by Gasteiger charge is 2.29. The van der Waals surface area contributed by atoms with Crippen molar-refractivity contribution in [3.63, 3.8) is 0 Å². The number of carboxylic acids is 2. The van der Waals surface area contributed by atoms with Crippen LogP contribution in [-0.4, -0.2) is 73.7 Å². The van der Waals surface area contributed by atoms with E-state index in [1.807, 2.05) is 36.4 Å². The third kappa shape index (κ3) is 18.3. The molecule has 0 aliphatic carbocycles. The zero-order valence-electron chi connectivity index (χ0n) is 21.9.